The van der Waals surface area contributed by atoms with E-state index in [-0.39, 0.29) is 11.4 Å². The third kappa shape index (κ3) is 1.75. The van der Waals surface area contributed by atoms with Gasteiger partial charge in [0.2, 0.25) is 0 Å². The Morgan fingerprint density at radius 1 is 1.43 bits per heavy atom. The molecule has 3 aromatic rings. The molecule has 1 aliphatic heterocycles. The lowest BCUT2D eigenvalue weighted by Crippen LogP contribution is -2.22. The summed E-state index contributed by atoms with van der Waals surface area (Å²) in [5.74, 6) is 0.572. The first-order valence-electron chi connectivity index (χ1n) is 7.06. The number of halogens is 1. The Kier molecular flexibility index (Phi) is 2.82. The van der Waals surface area contributed by atoms with E-state index in [0.29, 0.717) is 17.6 Å². The summed E-state index contributed by atoms with van der Waals surface area (Å²) in [7, 11) is 0. The summed E-state index contributed by atoms with van der Waals surface area (Å²) in [4.78, 5) is 17.4. The number of benzene rings is 1. The van der Waals surface area contributed by atoms with Crippen molar-refractivity contribution in [1.29, 1.82) is 0 Å². The molecule has 0 bridgehead atoms. The van der Waals surface area contributed by atoms with Crippen molar-refractivity contribution in [1.82, 2.24) is 14.1 Å². The molecule has 0 aliphatic carbocycles. The summed E-state index contributed by atoms with van der Waals surface area (Å²) in [6, 6.07) is 4.66. The zero-order valence-electron chi connectivity index (χ0n) is 11.6. The van der Waals surface area contributed by atoms with Crippen molar-refractivity contribution in [3.63, 3.8) is 0 Å². The van der Waals surface area contributed by atoms with Crippen LogP contribution >= 0.6 is 11.8 Å². The number of aryl methyl sites for hydroxylation is 1. The molecule has 0 spiro atoms. The Labute approximate surface area is 124 Å². The number of hydrogen-bond donors (Lipinski definition) is 0. The lowest BCUT2D eigenvalue weighted by atomic mass is 10.2. The standard InChI is InChI=1S/C15H14FN3OS/c1-2-5-18-11-4-3-9(16)8-10(11)12-13(18)14(20)19-6-7-21-15(19)17-12/h3-4,8H,2,5-7H2,1H3. The molecule has 0 atom stereocenters. The van der Waals surface area contributed by atoms with Gasteiger partial charge >= 0.3 is 0 Å². The topological polar surface area (TPSA) is 39.8 Å². The van der Waals surface area contributed by atoms with Gasteiger partial charge in [-0.3, -0.25) is 9.36 Å². The van der Waals surface area contributed by atoms with Gasteiger partial charge in [0.25, 0.3) is 5.56 Å². The van der Waals surface area contributed by atoms with Gasteiger partial charge in [-0.15, -0.1) is 0 Å². The molecule has 0 fully saturated rings. The van der Waals surface area contributed by atoms with Gasteiger partial charge in [-0.25, -0.2) is 9.37 Å². The first kappa shape index (κ1) is 12.9. The van der Waals surface area contributed by atoms with E-state index in [1.54, 1.807) is 22.4 Å². The van der Waals surface area contributed by atoms with E-state index in [4.69, 9.17) is 0 Å². The molecule has 1 aromatic carbocycles. The van der Waals surface area contributed by atoms with Gasteiger partial charge in [0.15, 0.2) is 5.16 Å². The number of hydrogen-bond acceptors (Lipinski definition) is 3. The maximum atomic E-state index is 13.6. The number of nitrogens with zero attached hydrogens (tertiary/aromatic N) is 3. The largest absolute Gasteiger partial charge is 0.335 e. The predicted octanol–water partition coefficient (Wildman–Crippen LogP) is 3.01. The van der Waals surface area contributed by atoms with Gasteiger partial charge in [-0.05, 0) is 24.6 Å². The average Bonchev–Trinajstić information content (AvgIpc) is 3.04. The highest BCUT2D eigenvalue weighted by Crippen LogP contribution is 2.30. The smallest absolute Gasteiger partial charge is 0.278 e. The summed E-state index contributed by atoms with van der Waals surface area (Å²) >= 11 is 1.58. The Bertz CT molecular complexity index is 928. The van der Waals surface area contributed by atoms with E-state index in [9.17, 15) is 9.18 Å². The second-order valence-corrected chi connectivity index (χ2v) is 6.27. The molecule has 4 nitrogen and oxygen atoms in total. The van der Waals surface area contributed by atoms with E-state index in [0.717, 1.165) is 34.8 Å². The van der Waals surface area contributed by atoms with E-state index >= 15 is 0 Å². The van der Waals surface area contributed by atoms with Gasteiger partial charge in [0.1, 0.15) is 16.9 Å². The summed E-state index contributed by atoms with van der Waals surface area (Å²) in [5, 5.41) is 1.47. The highest BCUT2D eigenvalue weighted by molar-refractivity contribution is 7.99. The Balaban J connectivity index is 2.23. The van der Waals surface area contributed by atoms with Crippen LogP contribution in [0.3, 0.4) is 0 Å². The number of thioether (sulfide) groups is 1. The van der Waals surface area contributed by atoms with Crippen LogP contribution in [-0.2, 0) is 13.1 Å². The minimum atomic E-state index is -0.298. The van der Waals surface area contributed by atoms with Crippen LogP contribution in [0.4, 0.5) is 4.39 Å². The molecule has 21 heavy (non-hydrogen) atoms. The first-order chi connectivity index (χ1) is 10.2. The van der Waals surface area contributed by atoms with Crippen LogP contribution in [0.1, 0.15) is 13.3 Å². The van der Waals surface area contributed by atoms with Gasteiger partial charge in [-0.1, -0.05) is 18.7 Å². The SMILES string of the molecule is CCCn1c2ccc(F)cc2c2nc3n(c(=O)c21)CCS3. The molecule has 0 amide bonds. The van der Waals surface area contributed by atoms with Crippen molar-refractivity contribution in [2.45, 2.75) is 31.6 Å². The Morgan fingerprint density at radius 3 is 3.10 bits per heavy atom. The van der Waals surface area contributed by atoms with Crippen LogP contribution in [0, 0.1) is 5.82 Å². The Morgan fingerprint density at radius 2 is 2.29 bits per heavy atom. The molecule has 4 rings (SSSR count). The summed E-state index contributed by atoms with van der Waals surface area (Å²) in [6.45, 7) is 3.49. The lowest BCUT2D eigenvalue weighted by Gasteiger charge is -2.06. The average molecular weight is 303 g/mol. The fourth-order valence-corrected chi connectivity index (χ4v) is 3.94. The molecule has 1 aliphatic rings. The second-order valence-electron chi connectivity index (χ2n) is 5.21. The zero-order valence-corrected chi connectivity index (χ0v) is 12.4. The second kappa shape index (κ2) is 4.59. The maximum absolute atomic E-state index is 13.6. The van der Waals surface area contributed by atoms with E-state index in [2.05, 4.69) is 11.9 Å². The van der Waals surface area contributed by atoms with Crippen LogP contribution < -0.4 is 5.56 Å². The molecule has 0 unspecified atom stereocenters. The molecule has 0 saturated heterocycles. The molecule has 108 valence electrons. The molecule has 2 aromatic heterocycles. The van der Waals surface area contributed by atoms with Gasteiger partial charge in [-0.2, -0.15) is 0 Å². The molecule has 0 radical (unpaired) electrons. The van der Waals surface area contributed by atoms with Crippen LogP contribution in [-0.4, -0.2) is 19.9 Å². The highest BCUT2D eigenvalue weighted by atomic mass is 32.2. The summed E-state index contributed by atoms with van der Waals surface area (Å²) < 4.78 is 17.3. The lowest BCUT2D eigenvalue weighted by molar-refractivity contribution is 0.629. The van der Waals surface area contributed by atoms with Crippen molar-refractivity contribution in [3.05, 3.63) is 34.4 Å². The van der Waals surface area contributed by atoms with Gasteiger partial charge in [0.05, 0.1) is 5.52 Å². The maximum Gasteiger partial charge on any atom is 0.278 e. The minimum absolute atomic E-state index is 0.00921. The van der Waals surface area contributed by atoms with Crippen molar-refractivity contribution in [3.8, 4) is 0 Å². The van der Waals surface area contributed by atoms with Crippen LogP contribution in [0.15, 0.2) is 28.2 Å². The number of aromatic nitrogens is 3. The number of rotatable bonds is 2. The zero-order chi connectivity index (χ0) is 14.6. The molecule has 3 heterocycles. The van der Waals surface area contributed by atoms with E-state index in [1.807, 2.05) is 4.57 Å². The molecule has 0 saturated carbocycles. The monoisotopic (exact) mass is 303 g/mol. The molecular weight excluding hydrogens is 289 g/mol. The molecule has 6 heteroatoms. The summed E-state index contributed by atoms with van der Waals surface area (Å²) in [6.07, 6.45) is 0.909. The van der Waals surface area contributed by atoms with Gasteiger partial charge in [0, 0.05) is 24.2 Å². The fraction of sp³-hybridized carbons (Fsp3) is 0.333. The van der Waals surface area contributed by atoms with Crippen LogP contribution in [0.2, 0.25) is 0 Å². The first-order valence-corrected chi connectivity index (χ1v) is 8.04. The quantitative estimate of drug-likeness (QED) is 0.683. The van der Waals surface area contributed by atoms with Crippen molar-refractivity contribution < 1.29 is 4.39 Å². The van der Waals surface area contributed by atoms with E-state index < -0.39 is 0 Å². The van der Waals surface area contributed by atoms with Gasteiger partial charge < -0.3 is 4.57 Å². The van der Waals surface area contributed by atoms with Crippen molar-refractivity contribution in [2.75, 3.05) is 5.75 Å². The summed E-state index contributed by atoms with van der Waals surface area (Å²) in [5.41, 5.74) is 2.10. The van der Waals surface area contributed by atoms with Crippen molar-refractivity contribution in [2.24, 2.45) is 0 Å². The number of fused-ring (bicyclic) bond motifs is 4. The normalized spacial score (nSPS) is 14.2. The third-order valence-electron chi connectivity index (χ3n) is 3.88. The van der Waals surface area contributed by atoms with Crippen LogP contribution in [0.25, 0.3) is 21.9 Å². The molecular formula is C15H14FN3OS. The highest BCUT2D eigenvalue weighted by Gasteiger charge is 2.22. The third-order valence-corrected chi connectivity index (χ3v) is 4.83. The minimum Gasteiger partial charge on any atom is -0.335 e. The fourth-order valence-electron chi connectivity index (χ4n) is 3.00. The van der Waals surface area contributed by atoms with E-state index in [1.165, 1.54) is 12.1 Å². The Hall–Kier alpha value is -1.82. The molecule has 0 N–H and O–H groups in total. The van der Waals surface area contributed by atoms with Crippen LogP contribution in [0.5, 0.6) is 0 Å². The van der Waals surface area contributed by atoms with Crippen molar-refractivity contribution >= 4 is 33.7 Å². The predicted molar refractivity (Wildman–Crippen MR) is 82.5 cm³/mol.